The van der Waals surface area contributed by atoms with E-state index in [1.165, 1.54) is 17.7 Å². The smallest absolute Gasteiger partial charge is 0.229 e. The molecule has 2 unspecified atom stereocenters. The lowest BCUT2D eigenvalue weighted by Crippen LogP contribution is -2.63. The van der Waals surface area contributed by atoms with Gasteiger partial charge in [0.25, 0.3) is 0 Å². The third kappa shape index (κ3) is 3.17. The number of hydrogen-bond acceptors (Lipinski definition) is 4. The summed E-state index contributed by atoms with van der Waals surface area (Å²) in [5, 5.41) is 5.50. The van der Waals surface area contributed by atoms with Gasteiger partial charge in [0.05, 0.1) is 11.0 Å². The maximum absolute atomic E-state index is 14.0. The van der Waals surface area contributed by atoms with Gasteiger partial charge in [-0.2, -0.15) is 5.10 Å². The molecule has 6 nitrogen and oxygen atoms in total. The van der Waals surface area contributed by atoms with Crippen molar-refractivity contribution in [3.8, 4) is 0 Å². The van der Waals surface area contributed by atoms with Crippen LogP contribution in [0.5, 0.6) is 0 Å². The quantitative estimate of drug-likeness (QED) is 0.699. The zero-order chi connectivity index (χ0) is 22.1. The van der Waals surface area contributed by atoms with Crippen LogP contribution in [0.2, 0.25) is 5.02 Å². The standard InChI is InChI=1S/C25H32ClN5O/c1-17-3-4-21(26)10-22(17)29-5-7-30(8-6-29)23(32)24-11-19-9-20(12-24)14-25(13-19,15-24)31-16-27-18(2)28-31/h3-4,10,16,19-20H,5-9,11-15H2,1-2H3. The van der Waals surface area contributed by atoms with E-state index in [-0.39, 0.29) is 11.0 Å². The zero-order valence-corrected chi connectivity index (χ0v) is 19.8. The van der Waals surface area contributed by atoms with Gasteiger partial charge in [-0.1, -0.05) is 17.7 Å². The summed E-state index contributed by atoms with van der Waals surface area (Å²) < 4.78 is 2.13. The van der Waals surface area contributed by atoms with E-state index in [1.807, 2.05) is 19.3 Å². The third-order valence-corrected chi connectivity index (χ3v) is 8.89. The van der Waals surface area contributed by atoms with Gasteiger partial charge in [0, 0.05) is 36.9 Å². The van der Waals surface area contributed by atoms with Gasteiger partial charge in [0.2, 0.25) is 5.91 Å². The van der Waals surface area contributed by atoms with Crippen molar-refractivity contribution in [2.24, 2.45) is 17.3 Å². The highest BCUT2D eigenvalue weighted by Crippen LogP contribution is 2.64. The molecule has 4 aliphatic carbocycles. The molecule has 4 bridgehead atoms. The van der Waals surface area contributed by atoms with Crippen molar-refractivity contribution in [1.82, 2.24) is 19.7 Å². The van der Waals surface area contributed by atoms with Crippen LogP contribution >= 0.6 is 11.6 Å². The van der Waals surface area contributed by atoms with Crippen LogP contribution in [0.1, 0.15) is 49.9 Å². The van der Waals surface area contributed by atoms with E-state index >= 15 is 0 Å². The highest BCUT2D eigenvalue weighted by atomic mass is 35.5. The number of aromatic nitrogens is 3. The fourth-order valence-corrected chi connectivity index (χ4v) is 7.88. The minimum absolute atomic E-state index is 0.0132. The van der Waals surface area contributed by atoms with E-state index in [2.05, 4.69) is 38.5 Å². The van der Waals surface area contributed by atoms with E-state index in [1.54, 1.807) is 0 Å². The summed E-state index contributed by atoms with van der Waals surface area (Å²) in [6, 6.07) is 6.08. The fourth-order valence-electron chi connectivity index (χ4n) is 7.72. The Hall–Kier alpha value is -2.08. The van der Waals surface area contributed by atoms with Gasteiger partial charge in [0.1, 0.15) is 12.2 Å². The molecule has 32 heavy (non-hydrogen) atoms. The lowest BCUT2D eigenvalue weighted by molar-refractivity contribution is -0.167. The van der Waals surface area contributed by atoms with E-state index in [0.717, 1.165) is 69.1 Å². The van der Waals surface area contributed by atoms with Crippen molar-refractivity contribution in [3.63, 3.8) is 0 Å². The highest BCUT2D eigenvalue weighted by Gasteiger charge is 2.62. The number of halogens is 1. The minimum Gasteiger partial charge on any atom is -0.368 e. The number of hydrogen-bond donors (Lipinski definition) is 0. The van der Waals surface area contributed by atoms with Crippen LogP contribution < -0.4 is 4.90 Å². The predicted octanol–water partition coefficient (Wildman–Crippen LogP) is 4.19. The number of nitrogens with zero attached hydrogens (tertiary/aromatic N) is 5. The Kier molecular flexibility index (Phi) is 4.62. The monoisotopic (exact) mass is 453 g/mol. The van der Waals surface area contributed by atoms with E-state index < -0.39 is 0 Å². The number of anilines is 1. The van der Waals surface area contributed by atoms with E-state index in [0.29, 0.717) is 17.7 Å². The van der Waals surface area contributed by atoms with Crippen molar-refractivity contribution in [2.45, 2.75) is 57.9 Å². The number of carbonyl (C=O) groups is 1. The number of benzene rings is 1. The summed E-state index contributed by atoms with van der Waals surface area (Å²) in [7, 11) is 0. The summed E-state index contributed by atoms with van der Waals surface area (Å²) in [5.41, 5.74) is 2.21. The molecule has 1 aromatic carbocycles. The molecule has 2 aromatic rings. The normalized spacial score (nSPS) is 33.7. The summed E-state index contributed by atoms with van der Waals surface area (Å²) in [5.74, 6) is 2.50. The maximum atomic E-state index is 14.0. The summed E-state index contributed by atoms with van der Waals surface area (Å²) in [6.45, 7) is 7.39. The van der Waals surface area contributed by atoms with Crippen molar-refractivity contribution < 1.29 is 4.79 Å². The van der Waals surface area contributed by atoms with Crippen molar-refractivity contribution >= 4 is 23.2 Å². The molecule has 1 amide bonds. The van der Waals surface area contributed by atoms with Crippen molar-refractivity contribution in [1.29, 1.82) is 0 Å². The second-order valence-electron chi connectivity index (χ2n) is 10.9. The van der Waals surface area contributed by atoms with Gasteiger partial charge in [-0.05, 0) is 81.9 Å². The second-order valence-corrected chi connectivity index (χ2v) is 11.3. The van der Waals surface area contributed by atoms with Crippen molar-refractivity contribution in [3.05, 3.63) is 40.9 Å². The largest absolute Gasteiger partial charge is 0.368 e. The molecule has 0 N–H and O–H groups in total. The molecule has 2 atom stereocenters. The van der Waals surface area contributed by atoms with Gasteiger partial charge in [-0.3, -0.25) is 4.79 Å². The Bertz CT molecular complexity index is 1040. The third-order valence-electron chi connectivity index (χ3n) is 8.66. The van der Waals surface area contributed by atoms with Gasteiger partial charge >= 0.3 is 0 Å². The second kappa shape index (κ2) is 7.21. The summed E-state index contributed by atoms with van der Waals surface area (Å²) in [4.78, 5) is 23.0. The molecule has 0 radical (unpaired) electrons. The molecule has 7 heteroatoms. The number of piperazine rings is 1. The predicted molar refractivity (Wildman–Crippen MR) is 125 cm³/mol. The van der Waals surface area contributed by atoms with Crippen LogP contribution in [0.3, 0.4) is 0 Å². The zero-order valence-electron chi connectivity index (χ0n) is 19.1. The first-order chi connectivity index (χ1) is 15.4. The summed E-state index contributed by atoms with van der Waals surface area (Å²) >= 11 is 6.25. The Morgan fingerprint density at radius 1 is 1.06 bits per heavy atom. The molecular weight excluding hydrogens is 422 g/mol. The highest BCUT2D eigenvalue weighted by molar-refractivity contribution is 6.30. The van der Waals surface area contributed by atoms with Crippen LogP contribution in [-0.4, -0.2) is 51.8 Å². The molecular formula is C25H32ClN5O. The van der Waals surface area contributed by atoms with Gasteiger partial charge in [-0.15, -0.1) is 0 Å². The molecule has 0 spiro atoms. The molecule has 4 saturated carbocycles. The van der Waals surface area contributed by atoms with E-state index in [9.17, 15) is 4.79 Å². The molecule has 2 heterocycles. The lowest BCUT2D eigenvalue weighted by Gasteiger charge is -2.61. The Balaban J connectivity index is 1.22. The first-order valence-electron chi connectivity index (χ1n) is 12.1. The average Bonchev–Trinajstić information content (AvgIpc) is 3.21. The molecule has 170 valence electrons. The molecule has 1 saturated heterocycles. The lowest BCUT2D eigenvalue weighted by atomic mass is 9.46. The van der Waals surface area contributed by atoms with Crippen molar-refractivity contribution in [2.75, 3.05) is 31.1 Å². The van der Waals surface area contributed by atoms with Gasteiger partial charge < -0.3 is 9.80 Å². The maximum Gasteiger partial charge on any atom is 0.229 e. The number of amides is 1. The molecule has 1 aromatic heterocycles. The Morgan fingerprint density at radius 3 is 2.44 bits per heavy atom. The first kappa shape index (κ1) is 20.5. The Labute approximate surface area is 194 Å². The SMILES string of the molecule is Cc1ncn(C23CC4CC(CC(C(=O)N5CCN(c6cc(Cl)ccc6C)CC5)(C4)C2)C3)n1. The average molecular weight is 454 g/mol. The van der Waals surface area contributed by atoms with Gasteiger partial charge in [0.15, 0.2) is 0 Å². The molecule has 7 rings (SSSR count). The van der Waals surface area contributed by atoms with Gasteiger partial charge in [-0.25, -0.2) is 9.67 Å². The number of rotatable bonds is 3. The summed E-state index contributed by atoms with van der Waals surface area (Å²) in [6.07, 6.45) is 8.56. The number of aryl methyl sites for hydroxylation is 2. The van der Waals surface area contributed by atoms with E-state index in [4.69, 9.17) is 16.7 Å². The fraction of sp³-hybridized carbons (Fsp3) is 0.640. The minimum atomic E-state index is -0.210. The van der Waals surface area contributed by atoms with Crippen LogP contribution in [0.4, 0.5) is 5.69 Å². The Morgan fingerprint density at radius 2 is 1.78 bits per heavy atom. The molecule has 5 fully saturated rings. The van der Waals surface area contributed by atoms with Crippen LogP contribution in [0.15, 0.2) is 24.5 Å². The van der Waals surface area contributed by atoms with Crippen LogP contribution in [0, 0.1) is 31.1 Å². The van der Waals surface area contributed by atoms with Crippen LogP contribution in [0.25, 0.3) is 0 Å². The number of carbonyl (C=O) groups excluding carboxylic acids is 1. The molecule has 5 aliphatic rings. The first-order valence-corrected chi connectivity index (χ1v) is 12.4. The van der Waals surface area contributed by atoms with Crippen LogP contribution in [-0.2, 0) is 10.3 Å². The topological polar surface area (TPSA) is 54.3 Å². The molecule has 1 aliphatic heterocycles.